The van der Waals surface area contributed by atoms with Gasteiger partial charge in [0, 0.05) is 25.7 Å². The van der Waals surface area contributed by atoms with Crippen LogP contribution in [0.25, 0.3) is 0 Å². The summed E-state index contributed by atoms with van der Waals surface area (Å²) in [4.78, 5) is 5.19. The summed E-state index contributed by atoms with van der Waals surface area (Å²) in [5.41, 5.74) is -0.405. The summed E-state index contributed by atoms with van der Waals surface area (Å²) < 4.78 is 0. The number of hydrogen-bond acceptors (Lipinski definition) is 3. The smallest absolute Gasteiger partial charge is 0.0694 e. The van der Waals surface area contributed by atoms with Crippen molar-refractivity contribution in [1.29, 1.82) is 0 Å². The summed E-state index contributed by atoms with van der Waals surface area (Å²) in [7, 11) is 0. The summed E-state index contributed by atoms with van der Waals surface area (Å²) >= 11 is 0. The van der Waals surface area contributed by atoms with Gasteiger partial charge in [0.25, 0.3) is 0 Å². The van der Waals surface area contributed by atoms with E-state index in [0.717, 1.165) is 31.8 Å². The molecule has 0 aromatic carbocycles. The van der Waals surface area contributed by atoms with Gasteiger partial charge in [-0.25, -0.2) is 0 Å². The molecule has 2 rings (SSSR count). The van der Waals surface area contributed by atoms with E-state index in [1.165, 1.54) is 32.5 Å². The molecule has 0 aromatic rings. The van der Waals surface area contributed by atoms with Crippen molar-refractivity contribution in [2.45, 2.75) is 65.0 Å². The zero-order valence-corrected chi connectivity index (χ0v) is 13.9. The molecule has 0 saturated carbocycles. The van der Waals surface area contributed by atoms with Crippen LogP contribution in [0.3, 0.4) is 0 Å². The lowest BCUT2D eigenvalue weighted by atomic mass is 9.81. The third-order valence-corrected chi connectivity index (χ3v) is 5.69. The van der Waals surface area contributed by atoms with Crippen LogP contribution in [0.15, 0.2) is 0 Å². The Balaban J connectivity index is 1.72. The van der Waals surface area contributed by atoms with Crippen molar-refractivity contribution in [2.75, 3.05) is 32.7 Å². The molecular formula is C17H34N2O. The maximum Gasteiger partial charge on any atom is 0.0694 e. The van der Waals surface area contributed by atoms with Gasteiger partial charge < -0.3 is 14.9 Å². The molecule has 0 aromatic heterocycles. The number of aliphatic hydroxyl groups is 1. The second-order valence-corrected chi connectivity index (χ2v) is 7.63. The van der Waals surface area contributed by atoms with E-state index in [1.807, 2.05) is 0 Å². The van der Waals surface area contributed by atoms with Gasteiger partial charge in [0.05, 0.1) is 5.60 Å². The van der Waals surface area contributed by atoms with E-state index in [4.69, 9.17) is 0 Å². The highest BCUT2D eigenvalue weighted by molar-refractivity contribution is 4.89. The molecule has 3 heteroatoms. The predicted molar refractivity (Wildman–Crippen MR) is 84.9 cm³/mol. The van der Waals surface area contributed by atoms with Crippen molar-refractivity contribution < 1.29 is 5.11 Å². The molecule has 2 fully saturated rings. The van der Waals surface area contributed by atoms with Crippen LogP contribution in [-0.4, -0.2) is 59.3 Å². The van der Waals surface area contributed by atoms with E-state index in [0.29, 0.717) is 12.0 Å². The van der Waals surface area contributed by atoms with E-state index in [-0.39, 0.29) is 0 Å². The van der Waals surface area contributed by atoms with Crippen molar-refractivity contribution in [1.82, 2.24) is 9.80 Å². The van der Waals surface area contributed by atoms with Gasteiger partial charge in [-0.1, -0.05) is 13.8 Å². The van der Waals surface area contributed by atoms with Gasteiger partial charge >= 0.3 is 0 Å². The average molecular weight is 282 g/mol. The van der Waals surface area contributed by atoms with Crippen molar-refractivity contribution in [3.05, 3.63) is 0 Å². The van der Waals surface area contributed by atoms with Crippen molar-refractivity contribution in [3.8, 4) is 0 Å². The van der Waals surface area contributed by atoms with Crippen LogP contribution in [0.2, 0.25) is 0 Å². The Morgan fingerprint density at radius 1 is 1.00 bits per heavy atom. The molecule has 1 N–H and O–H groups in total. The second kappa shape index (κ2) is 6.76. The first-order valence-corrected chi connectivity index (χ1v) is 8.59. The summed E-state index contributed by atoms with van der Waals surface area (Å²) in [5.74, 6) is 1.26. The van der Waals surface area contributed by atoms with Crippen LogP contribution >= 0.6 is 0 Å². The highest BCUT2D eigenvalue weighted by atomic mass is 16.3. The quantitative estimate of drug-likeness (QED) is 0.858. The topological polar surface area (TPSA) is 26.7 Å². The Kier molecular flexibility index (Phi) is 5.49. The minimum absolute atomic E-state index is 0.388. The molecule has 0 radical (unpaired) electrons. The van der Waals surface area contributed by atoms with Gasteiger partial charge in [-0.15, -0.1) is 0 Å². The summed E-state index contributed by atoms with van der Waals surface area (Å²) in [6.07, 6.45) is 4.61. The Hall–Kier alpha value is -0.120. The molecule has 118 valence electrons. The lowest BCUT2D eigenvalue weighted by Crippen LogP contribution is -2.49. The summed E-state index contributed by atoms with van der Waals surface area (Å²) in [6, 6.07) is 0.701. The van der Waals surface area contributed by atoms with Gasteiger partial charge in [-0.2, -0.15) is 0 Å². The molecule has 3 nitrogen and oxygen atoms in total. The molecule has 0 bridgehead atoms. The van der Waals surface area contributed by atoms with Crippen LogP contribution in [-0.2, 0) is 0 Å². The Morgan fingerprint density at radius 3 is 2.00 bits per heavy atom. The predicted octanol–water partition coefficient (Wildman–Crippen LogP) is 2.59. The zero-order chi connectivity index (χ0) is 14.8. The average Bonchev–Trinajstić information content (AvgIpc) is 2.42. The molecule has 0 aliphatic carbocycles. The lowest BCUT2D eigenvalue weighted by molar-refractivity contribution is -0.0597. The number of hydrogen-bond donors (Lipinski definition) is 1. The molecule has 20 heavy (non-hydrogen) atoms. The van der Waals surface area contributed by atoms with Gasteiger partial charge in [-0.3, -0.25) is 0 Å². The first-order chi connectivity index (χ1) is 9.40. The van der Waals surface area contributed by atoms with Gasteiger partial charge in [0.2, 0.25) is 0 Å². The molecule has 2 heterocycles. The fourth-order valence-corrected chi connectivity index (χ4v) is 3.72. The summed E-state index contributed by atoms with van der Waals surface area (Å²) in [5, 5.41) is 10.5. The molecule has 2 aliphatic rings. The van der Waals surface area contributed by atoms with Crippen LogP contribution in [0, 0.1) is 11.8 Å². The third-order valence-electron chi connectivity index (χ3n) is 5.69. The van der Waals surface area contributed by atoms with Gasteiger partial charge in [0.1, 0.15) is 0 Å². The molecule has 2 aliphatic heterocycles. The monoisotopic (exact) mass is 282 g/mol. The van der Waals surface area contributed by atoms with Crippen LogP contribution in [0.5, 0.6) is 0 Å². The number of rotatable bonds is 4. The zero-order valence-electron chi connectivity index (χ0n) is 13.9. The lowest BCUT2D eigenvalue weighted by Gasteiger charge is -2.43. The van der Waals surface area contributed by atoms with Crippen molar-refractivity contribution >= 4 is 0 Å². The van der Waals surface area contributed by atoms with Crippen LogP contribution in [0.4, 0.5) is 0 Å². The largest absolute Gasteiger partial charge is 0.390 e. The SMILES string of the molecule is CC(C)N1CCC(CN2CCC(O)(C(C)C)CC2)CC1. The molecule has 0 atom stereocenters. The van der Waals surface area contributed by atoms with Gasteiger partial charge in [-0.05, 0) is 64.5 Å². The first kappa shape index (κ1) is 16.3. The fraction of sp³-hybridized carbons (Fsp3) is 1.00. The molecule has 0 amide bonds. The highest BCUT2D eigenvalue weighted by Gasteiger charge is 2.35. The Labute approximate surface area is 125 Å². The Bertz CT molecular complexity index is 287. The highest BCUT2D eigenvalue weighted by Crippen LogP contribution is 2.30. The molecule has 0 spiro atoms. The van der Waals surface area contributed by atoms with E-state index in [2.05, 4.69) is 37.5 Å². The fourth-order valence-electron chi connectivity index (χ4n) is 3.72. The maximum atomic E-state index is 10.5. The minimum Gasteiger partial charge on any atom is -0.390 e. The molecular weight excluding hydrogens is 248 g/mol. The molecule has 2 saturated heterocycles. The van der Waals surface area contributed by atoms with E-state index in [1.54, 1.807) is 0 Å². The Morgan fingerprint density at radius 2 is 1.55 bits per heavy atom. The van der Waals surface area contributed by atoms with E-state index >= 15 is 0 Å². The normalized spacial score (nSPS) is 26.6. The third kappa shape index (κ3) is 3.96. The molecule has 0 unspecified atom stereocenters. The standard InChI is InChI=1S/C17H34N2O/c1-14(2)17(20)7-11-18(12-8-17)13-16-5-9-19(10-6-16)15(3)4/h14-16,20H,5-13H2,1-4H3. The van der Waals surface area contributed by atoms with Crippen molar-refractivity contribution in [2.24, 2.45) is 11.8 Å². The summed E-state index contributed by atoms with van der Waals surface area (Å²) in [6.45, 7) is 14.9. The van der Waals surface area contributed by atoms with E-state index < -0.39 is 5.60 Å². The maximum absolute atomic E-state index is 10.5. The minimum atomic E-state index is -0.405. The first-order valence-electron chi connectivity index (χ1n) is 8.59. The number of likely N-dealkylation sites (tertiary alicyclic amines) is 2. The van der Waals surface area contributed by atoms with Crippen molar-refractivity contribution in [3.63, 3.8) is 0 Å². The van der Waals surface area contributed by atoms with E-state index in [9.17, 15) is 5.11 Å². The second-order valence-electron chi connectivity index (χ2n) is 7.63. The number of nitrogens with zero attached hydrogens (tertiary/aromatic N) is 2. The van der Waals surface area contributed by atoms with Crippen LogP contribution < -0.4 is 0 Å². The van der Waals surface area contributed by atoms with Crippen LogP contribution in [0.1, 0.15) is 53.4 Å². The van der Waals surface area contributed by atoms with Gasteiger partial charge in [0.15, 0.2) is 0 Å². The number of piperidine rings is 2.